The molecule has 0 fully saturated rings. The van der Waals surface area contributed by atoms with E-state index in [1.165, 1.54) is 0 Å². The summed E-state index contributed by atoms with van der Waals surface area (Å²) in [6, 6.07) is 0. The summed E-state index contributed by atoms with van der Waals surface area (Å²) in [7, 11) is 0. The molecule has 0 aromatic carbocycles. The Kier molecular flexibility index (Phi) is 10.2. The molecule has 0 saturated carbocycles. The first-order valence-electron chi connectivity index (χ1n) is 2.25. The third kappa shape index (κ3) is 7.42. The Labute approximate surface area is 104 Å². The van der Waals surface area contributed by atoms with Gasteiger partial charge in [-0.3, -0.25) is 0 Å². The Balaban J connectivity index is 0. The molecule has 1 unspecified atom stereocenters. The quantitative estimate of drug-likeness (QED) is 0.401. The van der Waals surface area contributed by atoms with Gasteiger partial charge in [0.15, 0.2) is 0 Å². The average molecular weight is 368 g/mol. The summed E-state index contributed by atoms with van der Waals surface area (Å²) >= 11 is 6.13. The predicted octanol–water partition coefficient (Wildman–Crippen LogP) is -4.70. The van der Waals surface area contributed by atoms with Gasteiger partial charge in [-0.05, 0) is 0 Å². The molecule has 0 radical (unpaired) electrons. The number of thiocarbonyl (C=S) groups is 1. The first-order valence-corrected chi connectivity index (χ1v) is 3.54. The van der Waals surface area contributed by atoms with Crippen molar-refractivity contribution in [3.05, 3.63) is 0 Å². The van der Waals surface area contributed by atoms with E-state index in [0.717, 1.165) is 0 Å². The monoisotopic (exact) mass is 368 g/mol. The van der Waals surface area contributed by atoms with Crippen LogP contribution in [0, 0.1) is 0 Å². The first kappa shape index (κ1) is 14.6. The van der Waals surface area contributed by atoms with E-state index in [2.05, 4.69) is 15.5 Å². The van der Waals surface area contributed by atoms with Gasteiger partial charge in [-0.1, -0.05) is 0 Å². The number of carbonyl (C=O) groups is 1. The minimum atomic E-state index is -1.57. The molecule has 1 atom stereocenters. The van der Waals surface area contributed by atoms with E-state index in [4.69, 9.17) is 5.11 Å². The maximum absolute atomic E-state index is 9.87. The zero-order valence-electron chi connectivity index (χ0n) is 5.67. The van der Waals surface area contributed by atoms with Crippen LogP contribution in [0.3, 0.4) is 0 Å². The SMILES string of the molecule is O=C([O-])C(O)CC(=S)[O][Au].[Na+]. The number of rotatable bonds is 3. The number of carboxylic acids is 1. The molecule has 0 spiro atoms. The molecule has 0 aromatic rings. The summed E-state index contributed by atoms with van der Waals surface area (Å²) in [5.41, 5.74) is 0. The zero-order valence-corrected chi connectivity index (χ0v) is 10.6. The summed E-state index contributed by atoms with van der Waals surface area (Å²) in [5.74, 6) is -1.55. The second kappa shape index (κ2) is 7.70. The van der Waals surface area contributed by atoms with E-state index in [1.807, 2.05) is 0 Å². The van der Waals surface area contributed by atoms with Crippen LogP contribution in [0.4, 0.5) is 0 Å². The van der Waals surface area contributed by atoms with Gasteiger partial charge in [-0.15, -0.1) is 0 Å². The van der Waals surface area contributed by atoms with Crippen LogP contribution in [-0.2, 0) is 29.5 Å². The molecule has 0 bridgehead atoms. The molecule has 0 amide bonds. The number of aliphatic carboxylic acids is 1. The number of hydrogen-bond acceptors (Lipinski definition) is 5. The van der Waals surface area contributed by atoms with Crippen molar-refractivity contribution in [2.24, 2.45) is 0 Å². The molecule has 4 nitrogen and oxygen atoms in total. The molecule has 0 aliphatic heterocycles. The van der Waals surface area contributed by atoms with E-state index >= 15 is 0 Å². The van der Waals surface area contributed by atoms with Crippen LogP contribution in [0.1, 0.15) is 6.42 Å². The zero-order chi connectivity index (χ0) is 8.15. The minimum absolute atomic E-state index is 0. The summed E-state index contributed by atoms with van der Waals surface area (Å²) in [6.07, 6.45) is -1.79. The summed E-state index contributed by atoms with van der Waals surface area (Å²) in [4.78, 5) is 9.87. The van der Waals surface area contributed by atoms with Crippen LogP contribution in [0.15, 0.2) is 0 Å². The number of carboxylic acid groups (broad SMARTS) is 1. The summed E-state index contributed by atoms with van der Waals surface area (Å²) in [5, 5.41) is 18.5. The largest absolute Gasteiger partial charge is 1.00 e. The van der Waals surface area contributed by atoms with E-state index in [0.29, 0.717) is 0 Å². The number of aliphatic hydroxyl groups excluding tert-OH is 1. The van der Waals surface area contributed by atoms with Gasteiger partial charge in [0.1, 0.15) is 0 Å². The van der Waals surface area contributed by atoms with Crippen LogP contribution in [-0.4, -0.2) is 22.2 Å². The fraction of sp³-hybridized carbons (Fsp3) is 0.500. The van der Waals surface area contributed by atoms with Gasteiger partial charge in [0.2, 0.25) is 0 Å². The van der Waals surface area contributed by atoms with Gasteiger partial charge < -0.3 is 0 Å². The van der Waals surface area contributed by atoms with Crippen molar-refractivity contribution in [1.82, 2.24) is 0 Å². The van der Waals surface area contributed by atoms with Gasteiger partial charge >= 0.3 is 105 Å². The third-order valence-corrected chi connectivity index (χ3v) is 1.77. The first-order chi connectivity index (χ1) is 4.57. The molecule has 62 valence electrons. The van der Waals surface area contributed by atoms with Crippen molar-refractivity contribution in [3.8, 4) is 0 Å². The van der Waals surface area contributed by atoms with Gasteiger partial charge in [-0.25, -0.2) is 0 Å². The molecule has 0 saturated heterocycles. The maximum atomic E-state index is 9.87. The van der Waals surface area contributed by atoms with Crippen molar-refractivity contribution < 1.29 is 69.3 Å². The van der Waals surface area contributed by atoms with Gasteiger partial charge in [0.05, 0.1) is 0 Å². The van der Waals surface area contributed by atoms with E-state index in [1.54, 1.807) is 21.5 Å². The molecule has 0 aliphatic rings. The Bertz CT molecular complexity index is 153. The van der Waals surface area contributed by atoms with E-state index in [-0.39, 0.29) is 41.0 Å². The van der Waals surface area contributed by atoms with Crippen LogP contribution in [0.5, 0.6) is 0 Å². The molecule has 0 aromatic heterocycles. The standard InChI is InChI=1S/C4H6O4S.Au.Na/c5-2(4(7)8)1-3(6)9;;/h2,5H,1H2,(H,6,9)(H,7,8);;/q;2*+1/p-2. The van der Waals surface area contributed by atoms with Gasteiger partial charge in [0, 0.05) is 0 Å². The second-order valence-corrected chi connectivity index (χ2v) is 2.37. The topological polar surface area (TPSA) is 69.6 Å². The smallest absolute Gasteiger partial charge is 1.00 e. The summed E-state index contributed by atoms with van der Waals surface area (Å²) in [6.45, 7) is 0. The second-order valence-electron chi connectivity index (χ2n) is 1.47. The van der Waals surface area contributed by atoms with E-state index < -0.39 is 12.1 Å². The normalized spacial score (nSPS) is 11.2. The molecule has 0 heterocycles. The number of aliphatic hydroxyl groups is 1. The van der Waals surface area contributed by atoms with Crippen molar-refractivity contribution >= 4 is 23.2 Å². The molecular formula is C4H4AuNaO4S. The van der Waals surface area contributed by atoms with Crippen molar-refractivity contribution in [2.75, 3.05) is 0 Å². The fourth-order valence-corrected chi connectivity index (χ4v) is 0.605. The fourth-order valence-electron chi connectivity index (χ4n) is 0.266. The molecule has 1 N–H and O–H groups in total. The molecule has 0 rings (SSSR count). The maximum Gasteiger partial charge on any atom is 1.00 e. The van der Waals surface area contributed by atoms with Crippen LogP contribution < -0.4 is 34.7 Å². The Morgan fingerprint density at radius 3 is 2.55 bits per heavy atom. The van der Waals surface area contributed by atoms with Gasteiger partial charge in [-0.2, -0.15) is 0 Å². The average Bonchev–Trinajstić information content (AvgIpc) is 1.87. The Morgan fingerprint density at radius 2 is 2.27 bits per heavy atom. The van der Waals surface area contributed by atoms with Gasteiger partial charge in [0.25, 0.3) is 0 Å². The van der Waals surface area contributed by atoms with Crippen LogP contribution >= 0.6 is 12.2 Å². The van der Waals surface area contributed by atoms with Crippen LogP contribution in [0.25, 0.3) is 0 Å². The minimum Gasteiger partial charge on any atom is 1.00 e. The molecular weight excluding hydrogens is 364 g/mol. The predicted molar refractivity (Wildman–Crippen MR) is 29.3 cm³/mol. The van der Waals surface area contributed by atoms with Crippen LogP contribution in [0.2, 0.25) is 0 Å². The van der Waals surface area contributed by atoms with Crippen molar-refractivity contribution in [3.63, 3.8) is 0 Å². The molecule has 7 heteroatoms. The van der Waals surface area contributed by atoms with Crippen molar-refractivity contribution in [1.29, 1.82) is 0 Å². The van der Waals surface area contributed by atoms with Crippen molar-refractivity contribution in [2.45, 2.75) is 12.5 Å². The molecule has 0 aliphatic carbocycles. The van der Waals surface area contributed by atoms with E-state index in [9.17, 15) is 9.90 Å². The Hall–Kier alpha value is 1.06. The molecule has 11 heavy (non-hydrogen) atoms. The summed E-state index contributed by atoms with van der Waals surface area (Å²) < 4.78 is 4.40. The Morgan fingerprint density at radius 1 is 1.82 bits per heavy atom. The number of hydrogen-bond donors (Lipinski definition) is 1. The third-order valence-electron chi connectivity index (χ3n) is 0.701. The number of carbonyl (C=O) groups excluding carboxylic acids is 1.